The number of methoxy groups -OCH3 is 1. The highest BCUT2D eigenvalue weighted by Crippen LogP contribution is 2.44. The molecule has 0 spiro atoms. The highest BCUT2D eigenvalue weighted by atomic mass is 35.5. The number of rotatable bonds is 3. The molecule has 2 aliphatic carbocycles. The average Bonchev–Trinajstić information content (AvgIpc) is 3.10. The first-order chi connectivity index (χ1) is 9.66. The number of aromatic nitrogens is 2. The maximum absolute atomic E-state index is 6.42. The van der Waals surface area contributed by atoms with E-state index >= 15 is 0 Å². The first-order valence-corrected chi connectivity index (χ1v) is 8.20. The van der Waals surface area contributed by atoms with Crippen LogP contribution in [0.2, 0.25) is 10.3 Å². The lowest BCUT2D eigenvalue weighted by Crippen LogP contribution is -2.28. The van der Waals surface area contributed by atoms with Crippen molar-refractivity contribution in [3.8, 4) is 0 Å². The van der Waals surface area contributed by atoms with Gasteiger partial charge in [-0.2, -0.15) is 0 Å². The van der Waals surface area contributed by atoms with Crippen molar-refractivity contribution in [2.75, 3.05) is 7.11 Å². The molecule has 1 heterocycles. The first kappa shape index (κ1) is 14.6. The largest absolute Gasteiger partial charge is 0.370 e. The fourth-order valence-electron chi connectivity index (χ4n) is 3.64. The summed E-state index contributed by atoms with van der Waals surface area (Å²) in [6, 6.07) is 0. The molecule has 2 fully saturated rings. The minimum atomic E-state index is -0.387. The van der Waals surface area contributed by atoms with Crippen LogP contribution in [0.25, 0.3) is 0 Å². The van der Waals surface area contributed by atoms with E-state index in [0.717, 1.165) is 44.1 Å². The molecule has 1 aromatic heterocycles. The van der Waals surface area contributed by atoms with Gasteiger partial charge >= 0.3 is 0 Å². The fraction of sp³-hybridized carbons (Fsp3) is 0.733. The minimum absolute atomic E-state index is 0.387. The fourth-order valence-corrected chi connectivity index (χ4v) is 4.33. The zero-order valence-corrected chi connectivity index (χ0v) is 13.3. The van der Waals surface area contributed by atoms with Gasteiger partial charge in [0.2, 0.25) is 0 Å². The topological polar surface area (TPSA) is 35.0 Å². The zero-order chi connectivity index (χ0) is 14.2. The van der Waals surface area contributed by atoms with E-state index in [-0.39, 0.29) is 5.60 Å². The number of halogens is 2. The van der Waals surface area contributed by atoms with Gasteiger partial charge in [-0.1, -0.05) is 36.0 Å². The van der Waals surface area contributed by atoms with Crippen LogP contribution in [-0.2, 0) is 10.3 Å². The van der Waals surface area contributed by atoms with Gasteiger partial charge in [-0.15, -0.1) is 0 Å². The first-order valence-electron chi connectivity index (χ1n) is 7.45. The SMILES string of the molecule is COC1(c2nc(Cl)c(C3CCCC3)c(Cl)n2)CCCC1. The second-order valence-electron chi connectivity index (χ2n) is 5.93. The quantitative estimate of drug-likeness (QED) is 0.747. The molecule has 0 aromatic carbocycles. The lowest BCUT2D eigenvalue weighted by molar-refractivity contribution is -0.0163. The Kier molecular flexibility index (Phi) is 4.21. The Hall–Kier alpha value is -0.380. The van der Waals surface area contributed by atoms with Crippen LogP contribution in [0, 0.1) is 0 Å². The number of nitrogens with zero attached hydrogens (tertiary/aromatic N) is 2. The maximum atomic E-state index is 6.42. The van der Waals surface area contributed by atoms with E-state index in [1.54, 1.807) is 7.11 Å². The molecular weight excluding hydrogens is 295 g/mol. The normalized spacial score (nSPS) is 22.6. The van der Waals surface area contributed by atoms with E-state index in [1.165, 1.54) is 12.8 Å². The molecule has 0 atom stereocenters. The molecule has 3 nitrogen and oxygen atoms in total. The molecular formula is C15H20Cl2N2O. The van der Waals surface area contributed by atoms with Gasteiger partial charge in [-0.05, 0) is 44.4 Å². The third-order valence-corrected chi connectivity index (χ3v) is 5.40. The van der Waals surface area contributed by atoms with Crippen LogP contribution in [0.5, 0.6) is 0 Å². The third-order valence-electron chi connectivity index (χ3n) is 4.83. The van der Waals surface area contributed by atoms with Gasteiger partial charge in [0.1, 0.15) is 15.9 Å². The molecule has 2 aliphatic rings. The Labute approximate surface area is 130 Å². The van der Waals surface area contributed by atoms with Crippen molar-refractivity contribution in [3.63, 3.8) is 0 Å². The Morgan fingerprint density at radius 2 is 1.55 bits per heavy atom. The van der Waals surface area contributed by atoms with Gasteiger partial charge in [-0.25, -0.2) is 9.97 Å². The highest BCUT2D eigenvalue weighted by Gasteiger charge is 2.39. The van der Waals surface area contributed by atoms with E-state index < -0.39 is 0 Å². The summed E-state index contributed by atoms with van der Waals surface area (Å²) >= 11 is 12.8. The predicted octanol–water partition coefficient (Wildman–Crippen LogP) is 4.86. The van der Waals surface area contributed by atoms with Crippen molar-refractivity contribution in [2.24, 2.45) is 0 Å². The Bertz CT molecular complexity index is 472. The summed E-state index contributed by atoms with van der Waals surface area (Å²) in [5.41, 5.74) is 0.556. The van der Waals surface area contributed by atoms with Crippen LogP contribution in [-0.4, -0.2) is 17.1 Å². The van der Waals surface area contributed by atoms with Gasteiger partial charge < -0.3 is 4.74 Å². The van der Waals surface area contributed by atoms with Gasteiger partial charge in [0.25, 0.3) is 0 Å². The van der Waals surface area contributed by atoms with Crippen LogP contribution >= 0.6 is 23.2 Å². The summed E-state index contributed by atoms with van der Waals surface area (Å²) in [4.78, 5) is 9.10. The summed E-state index contributed by atoms with van der Waals surface area (Å²) in [5.74, 6) is 1.08. The van der Waals surface area contributed by atoms with Gasteiger partial charge in [0, 0.05) is 12.7 Å². The molecule has 0 amide bonds. The number of hydrogen-bond donors (Lipinski definition) is 0. The molecule has 2 saturated carbocycles. The van der Waals surface area contributed by atoms with Crippen LogP contribution in [0.3, 0.4) is 0 Å². The summed E-state index contributed by atoms with van der Waals surface area (Å²) in [7, 11) is 1.72. The van der Waals surface area contributed by atoms with Crippen molar-refractivity contribution in [2.45, 2.75) is 62.9 Å². The molecule has 3 rings (SSSR count). The average molecular weight is 315 g/mol. The van der Waals surface area contributed by atoms with E-state index in [1.807, 2.05) is 0 Å². The second-order valence-corrected chi connectivity index (χ2v) is 6.65. The van der Waals surface area contributed by atoms with Crippen LogP contribution in [0.4, 0.5) is 0 Å². The number of ether oxygens (including phenoxy) is 1. The van der Waals surface area contributed by atoms with Crippen LogP contribution in [0.15, 0.2) is 0 Å². The van der Waals surface area contributed by atoms with E-state index in [4.69, 9.17) is 27.9 Å². The summed E-state index contributed by atoms with van der Waals surface area (Å²) in [5, 5.41) is 1.05. The summed E-state index contributed by atoms with van der Waals surface area (Å²) < 4.78 is 5.72. The van der Waals surface area contributed by atoms with Crippen molar-refractivity contribution in [1.29, 1.82) is 0 Å². The standard InChI is InChI=1S/C15H20Cl2N2O/c1-20-15(8-4-5-9-15)14-18-12(16)11(13(17)19-14)10-6-2-3-7-10/h10H,2-9H2,1H3. The third kappa shape index (κ3) is 2.44. The van der Waals surface area contributed by atoms with E-state index in [0.29, 0.717) is 22.0 Å². The Morgan fingerprint density at radius 1 is 1.00 bits per heavy atom. The molecule has 0 N–H and O–H groups in total. The molecule has 0 saturated heterocycles. The molecule has 1 aromatic rings. The predicted molar refractivity (Wildman–Crippen MR) is 80.4 cm³/mol. The second kappa shape index (κ2) is 5.78. The van der Waals surface area contributed by atoms with Crippen LogP contribution < -0.4 is 0 Å². The summed E-state index contributed by atoms with van der Waals surface area (Å²) in [6.45, 7) is 0. The highest BCUT2D eigenvalue weighted by molar-refractivity contribution is 6.34. The smallest absolute Gasteiger partial charge is 0.163 e. The zero-order valence-electron chi connectivity index (χ0n) is 11.8. The van der Waals surface area contributed by atoms with Crippen molar-refractivity contribution in [3.05, 3.63) is 21.7 Å². The van der Waals surface area contributed by atoms with Crippen molar-refractivity contribution >= 4 is 23.2 Å². The molecule has 20 heavy (non-hydrogen) atoms. The molecule has 0 radical (unpaired) electrons. The molecule has 110 valence electrons. The van der Waals surface area contributed by atoms with Gasteiger partial charge in [0.15, 0.2) is 5.82 Å². The molecule has 0 bridgehead atoms. The summed E-state index contributed by atoms with van der Waals surface area (Å²) in [6.07, 6.45) is 8.91. The van der Waals surface area contributed by atoms with Crippen molar-refractivity contribution in [1.82, 2.24) is 9.97 Å². The van der Waals surface area contributed by atoms with Crippen molar-refractivity contribution < 1.29 is 4.74 Å². The molecule has 0 aliphatic heterocycles. The lowest BCUT2D eigenvalue weighted by Gasteiger charge is -2.26. The molecule has 5 heteroatoms. The van der Waals surface area contributed by atoms with E-state index in [2.05, 4.69) is 9.97 Å². The van der Waals surface area contributed by atoms with E-state index in [9.17, 15) is 0 Å². The minimum Gasteiger partial charge on any atom is -0.370 e. The molecule has 0 unspecified atom stereocenters. The lowest BCUT2D eigenvalue weighted by atomic mass is 9.98. The van der Waals surface area contributed by atoms with Gasteiger partial charge in [-0.3, -0.25) is 0 Å². The van der Waals surface area contributed by atoms with Gasteiger partial charge in [0.05, 0.1) is 0 Å². The Morgan fingerprint density at radius 3 is 2.05 bits per heavy atom. The number of hydrogen-bond acceptors (Lipinski definition) is 3. The maximum Gasteiger partial charge on any atom is 0.163 e. The van der Waals surface area contributed by atoms with Crippen LogP contribution in [0.1, 0.15) is 68.7 Å². The Balaban J connectivity index is 1.98. The monoisotopic (exact) mass is 314 g/mol.